The first-order valence-electron chi connectivity index (χ1n) is 6.29. The minimum atomic E-state index is -1.12. The van der Waals surface area contributed by atoms with E-state index < -0.39 is 5.97 Å². The summed E-state index contributed by atoms with van der Waals surface area (Å²) in [4.78, 5) is 10.7. The first-order valence-corrected chi connectivity index (χ1v) is 6.29. The highest BCUT2D eigenvalue weighted by Crippen LogP contribution is 2.31. The Labute approximate surface area is 117 Å². The minimum absolute atomic E-state index is 0.0375. The number of ether oxygens (including phenoxy) is 1. The van der Waals surface area contributed by atoms with E-state index in [9.17, 15) is 4.79 Å². The molecule has 2 rings (SSSR count). The molecule has 0 saturated carbocycles. The van der Waals surface area contributed by atoms with Crippen molar-refractivity contribution >= 4 is 5.97 Å². The van der Waals surface area contributed by atoms with Crippen LogP contribution in [-0.4, -0.2) is 16.2 Å². The molecule has 2 aromatic rings. The third-order valence-corrected chi connectivity index (χ3v) is 2.84. The molecule has 0 aliphatic rings. The summed E-state index contributed by atoms with van der Waals surface area (Å²) >= 11 is 0. The number of rotatable bonds is 4. The van der Waals surface area contributed by atoms with Gasteiger partial charge in [0.25, 0.3) is 0 Å². The molecule has 0 aliphatic heterocycles. The number of carboxylic acid groups (broad SMARTS) is 1. The smallest absolute Gasteiger partial charge is 0.358 e. The van der Waals surface area contributed by atoms with E-state index in [2.05, 4.69) is 25.9 Å². The molecule has 0 unspecified atom stereocenters. The largest absolute Gasteiger partial charge is 0.485 e. The Balaban J connectivity index is 2.13. The topological polar surface area (TPSA) is 72.6 Å². The van der Waals surface area contributed by atoms with Crippen molar-refractivity contribution in [3.05, 3.63) is 47.3 Å². The minimum Gasteiger partial charge on any atom is -0.485 e. The van der Waals surface area contributed by atoms with Gasteiger partial charge in [0.15, 0.2) is 11.5 Å². The van der Waals surface area contributed by atoms with Gasteiger partial charge in [0, 0.05) is 6.07 Å². The first kappa shape index (κ1) is 14.1. The van der Waals surface area contributed by atoms with Crippen LogP contribution in [0, 0.1) is 0 Å². The number of aromatic carboxylic acids is 1. The molecule has 0 fully saturated rings. The number of carboxylic acids is 1. The molecule has 0 bridgehead atoms. The Bertz CT molecular complexity index is 610. The second-order valence-corrected chi connectivity index (χ2v) is 5.52. The van der Waals surface area contributed by atoms with E-state index in [1.54, 1.807) is 0 Å². The summed E-state index contributed by atoms with van der Waals surface area (Å²) in [5.41, 5.74) is 0.926. The fourth-order valence-electron chi connectivity index (χ4n) is 1.84. The van der Waals surface area contributed by atoms with Gasteiger partial charge >= 0.3 is 5.97 Å². The summed E-state index contributed by atoms with van der Waals surface area (Å²) in [5, 5.41) is 12.2. The molecular weight excluding hydrogens is 258 g/mol. The van der Waals surface area contributed by atoms with Crippen LogP contribution in [0.5, 0.6) is 5.75 Å². The van der Waals surface area contributed by atoms with Crippen LogP contribution >= 0.6 is 0 Å². The van der Waals surface area contributed by atoms with Crippen molar-refractivity contribution in [1.82, 2.24) is 5.16 Å². The molecule has 106 valence electrons. The van der Waals surface area contributed by atoms with Gasteiger partial charge in [-0.1, -0.05) is 44.1 Å². The van der Waals surface area contributed by atoms with Gasteiger partial charge in [-0.2, -0.15) is 0 Å². The molecule has 1 aromatic carbocycles. The van der Waals surface area contributed by atoms with Gasteiger partial charge in [0.1, 0.15) is 12.4 Å². The average molecular weight is 275 g/mol. The summed E-state index contributed by atoms with van der Waals surface area (Å²) in [6.45, 7) is 6.46. The summed E-state index contributed by atoms with van der Waals surface area (Å²) < 4.78 is 10.6. The Morgan fingerprint density at radius 1 is 1.35 bits per heavy atom. The molecule has 0 saturated heterocycles. The molecule has 0 spiro atoms. The maximum Gasteiger partial charge on any atom is 0.358 e. The number of aromatic nitrogens is 1. The molecule has 0 atom stereocenters. The van der Waals surface area contributed by atoms with E-state index in [1.165, 1.54) is 6.07 Å². The van der Waals surface area contributed by atoms with E-state index in [4.69, 9.17) is 14.4 Å². The highest BCUT2D eigenvalue weighted by Gasteiger charge is 2.19. The Hall–Kier alpha value is -2.30. The van der Waals surface area contributed by atoms with Crippen LogP contribution in [-0.2, 0) is 12.0 Å². The number of para-hydroxylation sites is 1. The van der Waals surface area contributed by atoms with E-state index in [0.29, 0.717) is 5.76 Å². The molecule has 5 nitrogen and oxygen atoms in total. The molecule has 1 heterocycles. The highest BCUT2D eigenvalue weighted by molar-refractivity contribution is 5.85. The van der Waals surface area contributed by atoms with Crippen LogP contribution in [0.1, 0.15) is 42.6 Å². The van der Waals surface area contributed by atoms with Gasteiger partial charge in [0.05, 0.1) is 0 Å². The van der Waals surface area contributed by atoms with Crippen LogP contribution in [0.15, 0.2) is 34.9 Å². The predicted molar refractivity (Wildman–Crippen MR) is 72.9 cm³/mol. The van der Waals surface area contributed by atoms with E-state index in [-0.39, 0.29) is 17.7 Å². The van der Waals surface area contributed by atoms with Gasteiger partial charge < -0.3 is 14.4 Å². The Morgan fingerprint density at radius 3 is 2.65 bits per heavy atom. The quantitative estimate of drug-likeness (QED) is 0.927. The molecule has 0 aliphatic carbocycles. The molecule has 1 aromatic heterocycles. The maximum absolute atomic E-state index is 10.7. The lowest BCUT2D eigenvalue weighted by Gasteiger charge is -2.22. The zero-order chi connectivity index (χ0) is 14.8. The molecule has 5 heteroatoms. The zero-order valence-corrected chi connectivity index (χ0v) is 11.7. The highest BCUT2D eigenvalue weighted by atomic mass is 16.5. The molecule has 0 radical (unpaired) electrons. The first-order chi connectivity index (χ1) is 9.38. The number of carbonyl (C=O) groups is 1. The molecular formula is C15H17NO4. The van der Waals surface area contributed by atoms with Gasteiger partial charge in [-0.05, 0) is 17.0 Å². The average Bonchev–Trinajstić information content (AvgIpc) is 2.84. The molecule has 20 heavy (non-hydrogen) atoms. The van der Waals surface area contributed by atoms with E-state index in [0.717, 1.165) is 11.3 Å². The van der Waals surface area contributed by atoms with Crippen LogP contribution in [0.25, 0.3) is 0 Å². The number of hydrogen-bond donors (Lipinski definition) is 1. The second kappa shape index (κ2) is 5.36. The lowest BCUT2D eigenvalue weighted by Crippen LogP contribution is -2.13. The fraction of sp³-hybridized carbons (Fsp3) is 0.333. The fourth-order valence-corrected chi connectivity index (χ4v) is 1.84. The van der Waals surface area contributed by atoms with Gasteiger partial charge in [0.2, 0.25) is 0 Å². The van der Waals surface area contributed by atoms with E-state index >= 15 is 0 Å². The van der Waals surface area contributed by atoms with Gasteiger partial charge in [-0.15, -0.1) is 0 Å². The van der Waals surface area contributed by atoms with Crippen molar-refractivity contribution in [2.45, 2.75) is 32.8 Å². The van der Waals surface area contributed by atoms with Crippen LogP contribution in [0.3, 0.4) is 0 Å². The summed E-state index contributed by atoms with van der Waals surface area (Å²) in [5.74, 6) is 0.0227. The lowest BCUT2D eigenvalue weighted by atomic mass is 9.86. The SMILES string of the molecule is CC(C)(C)c1ccccc1OCc1cc(C(=O)O)no1. The third kappa shape index (κ3) is 3.17. The zero-order valence-electron chi connectivity index (χ0n) is 11.7. The Morgan fingerprint density at radius 2 is 2.05 bits per heavy atom. The second-order valence-electron chi connectivity index (χ2n) is 5.52. The van der Waals surface area contributed by atoms with Crippen molar-refractivity contribution in [2.24, 2.45) is 0 Å². The molecule has 1 N–H and O–H groups in total. The predicted octanol–water partition coefficient (Wildman–Crippen LogP) is 3.25. The maximum atomic E-state index is 10.7. The lowest BCUT2D eigenvalue weighted by molar-refractivity contribution is 0.0685. The summed E-state index contributed by atoms with van der Waals surface area (Å²) in [6.07, 6.45) is 0. The normalized spacial score (nSPS) is 11.3. The van der Waals surface area contributed by atoms with Crippen molar-refractivity contribution in [3.63, 3.8) is 0 Å². The third-order valence-electron chi connectivity index (χ3n) is 2.84. The summed E-state index contributed by atoms with van der Waals surface area (Å²) in [6, 6.07) is 9.12. The van der Waals surface area contributed by atoms with Gasteiger partial charge in [-0.25, -0.2) is 4.79 Å². The van der Waals surface area contributed by atoms with Crippen molar-refractivity contribution in [1.29, 1.82) is 0 Å². The molecule has 0 amide bonds. The monoisotopic (exact) mass is 275 g/mol. The van der Waals surface area contributed by atoms with Crippen molar-refractivity contribution in [2.75, 3.05) is 0 Å². The standard InChI is InChI=1S/C15H17NO4/c1-15(2,3)11-6-4-5-7-13(11)19-9-10-8-12(14(17)18)16-20-10/h4-8H,9H2,1-3H3,(H,17,18). The van der Waals surface area contributed by atoms with Crippen molar-refractivity contribution < 1.29 is 19.2 Å². The van der Waals surface area contributed by atoms with Crippen LogP contribution < -0.4 is 4.74 Å². The van der Waals surface area contributed by atoms with Crippen LogP contribution in [0.4, 0.5) is 0 Å². The number of nitrogens with zero attached hydrogens (tertiary/aromatic N) is 1. The number of hydrogen-bond acceptors (Lipinski definition) is 4. The number of benzene rings is 1. The van der Waals surface area contributed by atoms with Crippen molar-refractivity contribution in [3.8, 4) is 5.75 Å². The van der Waals surface area contributed by atoms with Gasteiger partial charge in [-0.3, -0.25) is 0 Å². The van der Waals surface area contributed by atoms with E-state index in [1.807, 2.05) is 24.3 Å². The van der Waals surface area contributed by atoms with Crippen LogP contribution in [0.2, 0.25) is 0 Å². The Kier molecular flexibility index (Phi) is 3.79. The summed E-state index contributed by atoms with van der Waals surface area (Å²) in [7, 11) is 0.